The van der Waals surface area contributed by atoms with Gasteiger partial charge in [-0.15, -0.1) is 0 Å². The van der Waals surface area contributed by atoms with E-state index >= 15 is 0 Å². The molecule has 0 saturated carbocycles. The molecular weight excluding hydrogens is 348 g/mol. The highest BCUT2D eigenvalue weighted by Crippen LogP contribution is 2.45. The summed E-state index contributed by atoms with van der Waals surface area (Å²) < 4.78 is 11.7. The molecule has 2 N–H and O–H groups in total. The Morgan fingerprint density at radius 1 is 0.769 bits per heavy atom. The van der Waals surface area contributed by atoms with Gasteiger partial charge in [-0.1, -0.05) is 30.3 Å². The predicted molar refractivity (Wildman–Crippen MR) is 103 cm³/mol. The molecule has 0 fully saturated rings. The molecule has 4 rings (SSSR count). The zero-order valence-electron chi connectivity index (χ0n) is 13.6. The van der Waals surface area contributed by atoms with E-state index in [0.29, 0.717) is 34.2 Å². The first-order chi connectivity index (χ1) is 12.7. The summed E-state index contributed by atoms with van der Waals surface area (Å²) in [5, 5.41) is 5.83. The van der Waals surface area contributed by atoms with Gasteiger partial charge in [-0.2, -0.15) is 0 Å². The molecule has 3 aromatic carbocycles. The van der Waals surface area contributed by atoms with Crippen LogP contribution < -0.4 is 20.1 Å². The molecule has 1 aliphatic heterocycles. The van der Waals surface area contributed by atoms with Crippen molar-refractivity contribution in [1.29, 1.82) is 0 Å². The molecule has 0 bridgehead atoms. The van der Waals surface area contributed by atoms with Gasteiger partial charge in [-0.25, -0.2) is 0 Å². The lowest BCUT2D eigenvalue weighted by Gasteiger charge is -2.21. The SMILES string of the molecule is O=C(NC(=S)Nc1ccc2c(c1)Oc1ccccc1O2)c1ccccc1. The molecule has 5 nitrogen and oxygen atoms in total. The van der Waals surface area contributed by atoms with Gasteiger partial charge in [0, 0.05) is 17.3 Å². The number of fused-ring (bicyclic) bond motifs is 2. The normalized spacial score (nSPS) is 11.2. The molecule has 128 valence electrons. The van der Waals surface area contributed by atoms with Crippen LogP contribution in [0.4, 0.5) is 5.69 Å². The smallest absolute Gasteiger partial charge is 0.257 e. The van der Waals surface area contributed by atoms with Gasteiger partial charge in [0.15, 0.2) is 28.1 Å². The molecule has 3 aromatic rings. The number of para-hydroxylation sites is 2. The van der Waals surface area contributed by atoms with Crippen LogP contribution >= 0.6 is 12.2 Å². The van der Waals surface area contributed by atoms with E-state index in [1.807, 2.05) is 30.3 Å². The Bertz CT molecular complexity index is 989. The Labute approximate surface area is 155 Å². The number of anilines is 1. The first-order valence-corrected chi connectivity index (χ1v) is 8.36. The lowest BCUT2D eigenvalue weighted by atomic mass is 10.2. The molecule has 0 spiro atoms. The molecule has 6 heteroatoms. The summed E-state index contributed by atoms with van der Waals surface area (Å²) in [6, 6.07) is 21.7. The molecule has 0 aromatic heterocycles. The zero-order chi connectivity index (χ0) is 17.9. The highest BCUT2D eigenvalue weighted by Gasteiger charge is 2.18. The number of amides is 1. The summed E-state index contributed by atoms with van der Waals surface area (Å²) in [7, 11) is 0. The Hall–Kier alpha value is -3.38. The van der Waals surface area contributed by atoms with Crippen LogP contribution in [0, 0.1) is 0 Å². The van der Waals surface area contributed by atoms with Crippen molar-refractivity contribution in [3.8, 4) is 23.0 Å². The van der Waals surface area contributed by atoms with Crippen molar-refractivity contribution in [2.24, 2.45) is 0 Å². The first kappa shape index (κ1) is 16.1. The van der Waals surface area contributed by atoms with Gasteiger partial charge in [-0.3, -0.25) is 10.1 Å². The van der Waals surface area contributed by atoms with Crippen molar-refractivity contribution in [2.75, 3.05) is 5.32 Å². The van der Waals surface area contributed by atoms with Crippen LogP contribution in [-0.2, 0) is 0 Å². The second-order valence-corrected chi connectivity index (χ2v) is 5.99. The highest BCUT2D eigenvalue weighted by atomic mass is 32.1. The summed E-state index contributed by atoms with van der Waals surface area (Å²) >= 11 is 5.21. The minimum Gasteiger partial charge on any atom is -0.450 e. The first-order valence-electron chi connectivity index (χ1n) is 7.95. The monoisotopic (exact) mass is 362 g/mol. The average molecular weight is 362 g/mol. The van der Waals surface area contributed by atoms with E-state index in [2.05, 4.69) is 10.6 Å². The lowest BCUT2D eigenvalue weighted by molar-refractivity contribution is 0.0977. The van der Waals surface area contributed by atoms with Crippen LogP contribution in [0.3, 0.4) is 0 Å². The second kappa shape index (κ2) is 6.85. The lowest BCUT2D eigenvalue weighted by Crippen LogP contribution is -2.34. The Morgan fingerprint density at radius 3 is 2.12 bits per heavy atom. The van der Waals surface area contributed by atoms with Gasteiger partial charge in [0.1, 0.15) is 0 Å². The summed E-state index contributed by atoms with van der Waals surface area (Å²) in [5.41, 5.74) is 1.22. The molecule has 0 radical (unpaired) electrons. The van der Waals surface area contributed by atoms with Gasteiger partial charge >= 0.3 is 0 Å². The maximum absolute atomic E-state index is 12.1. The molecule has 1 amide bonds. The van der Waals surface area contributed by atoms with Gasteiger partial charge < -0.3 is 14.8 Å². The molecule has 0 aliphatic carbocycles. The highest BCUT2D eigenvalue weighted by molar-refractivity contribution is 7.80. The van der Waals surface area contributed by atoms with Crippen molar-refractivity contribution in [3.63, 3.8) is 0 Å². The molecule has 1 heterocycles. The summed E-state index contributed by atoms with van der Waals surface area (Å²) in [4.78, 5) is 12.1. The largest absolute Gasteiger partial charge is 0.450 e. The van der Waals surface area contributed by atoms with Gasteiger partial charge in [0.25, 0.3) is 5.91 Å². The van der Waals surface area contributed by atoms with Crippen LogP contribution in [0.5, 0.6) is 23.0 Å². The molecule has 0 saturated heterocycles. The fourth-order valence-corrected chi connectivity index (χ4v) is 2.74. The standard InChI is InChI=1S/C20H14N2O3S/c23-19(13-6-2-1-3-7-13)22-20(26)21-14-10-11-17-18(12-14)25-16-9-5-4-8-15(16)24-17/h1-12H,(H2,21,22,23,26). The quantitative estimate of drug-likeness (QED) is 0.506. The minimum absolute atomic E-state index is 0.205. The minimum atomic E-state index is -0.269. The number of benzene rings is 3. The van der Waals surface area contributed by atoms with E-state index in [9.17, 15) is 4.79 Å². The van der Waals surface area contributed by atoms with Gasteiger partial charge in [0.2, 0.25) is 0 Å². The maximum atomic E-state index is 12.1. The van der Waals surface area contributed by atoms with Crippen molar-refractivity contribution in [2.45, 2.75) is 0 Å². The van der Waals surface area contributed by atoms with Crippen molar-refractivity contribution >= 4 is 28.9 Å². The maximum Gasteiger partial charge on any atom is 0.257 e. The van der Waals surface area contributed by atoms with Crippen molar-refractivity contribution < 1.29 is 14.3 Å². The van der Waals surface area contributed by atoms with E-state index < -0.39 is 0 Å². The fourth-order valence-electron chi connectivity index (χ4n) is 2.53. The van der Waals surface area contributed by atoms with Crippen LogP contribution in [0.25, 0.3) is 0 Å². The van der Waals surface area contributed by atoms with Crippen LogP contribution in [0.15, 0.2) is 72.8 Å². The zero-order valence-corrected chi connectivity index (χ0v) is 14.4. The number of hydrogen-bond acceptors (Lipinski definition) is 4. The topological polar surface area (TPSA) is 59.6 Å². The summed E-state index contributed by atoms with van der Waals surface area (Å²) in [6.07, 6.45) is 0. The number of nitrogens with one attached hydrogen (secondary N) is 2. The van der Waals surface area contributed by atoms with Gasteiger partial charge in [0.05, 0.1) is 0 Å². The molecular formula is C20H14N2O3S. The number of carbonyl (C=O) groups excluding carboxylic acids is 1. The van der Waals surface area contributed by atoms with E-state index in [-0.39, 0.29) is 11.0 Å². The summed E-state index contributed by atoms with van der Waals surface area (Å²) in [5.74, 6) is 2.25. The van der Waals surface area contributed by atoms with E-state index in [1.54, 1.807) is 42.5 Å². The number of rotatable bonds is 2. The Morgan fingerprint density at radius 2 is 1.38 bits per heavy atom. The molecule has 0 unspecified atom stereocenters. The Kier molecular flexibility index (Phi) is 4.25. The number of ether oxygens (including phenoxy) is 2. The average Bonchev–Trinajstić information content (AvgIpc) is 2.67. The van der Waals surface area contributed by atoms with Crippen LogP contribution in [-0.4, -0.2) is 11.0 Å². The van der Waals surface area contributed by atoms with E-state index in [0.717, 1.165) is 0 Å². The van der Waals surface area contributed by atoms with E-state index in [1.165, 1.54) is 0 Å². The third kappa shape index (κ3) is 3.36. The predicted octanol–water partition coefficient (Wildman–Crippen LogP) is 4.71. The third-order valence-corrected chi connectivity index (χ3v) is 3.96. The van der Waals surface area contributed by atoms with Crippen molar-refractivity contribution in [1.82, 2.24) is 5.32 Å². The van der Waals surface area contributed by atoms with Crippen LogP contribution in [0.1, 0.15) is 10.4 Å². The molecule has 26 heavy (non-hydrogen) atoms. The summed E-state index contributed by atoms with van der Waals surface area (Å²) in [6.45, 7) is 0. The fraction of sp³-hybridized carbons (Fsp3) is 0. The molecule has 1 aliphatic rings. The van der Waals surface area contributed by atoms with E-state index in [4.69, 9.17) is 21.7 Å². The molecule has 0 atom stereocenters. The Balaban J connectivity index is 1.45. The number of thiocarbonyl (C=S) groups is 1. The van der Waals surface area contributed by atoms with Crippen molar-refractivity contribution in [3.05, 3.63) is 78.4 Å². The van der Waals surface area contributed by atoms with Gasteiger partial charge in [-0.05, 0) is 48.6 Å². The number of carbonyl (C=O) groups is 1. The number of hydrogen-bond donors (Lipinski definition) is 2. The van der Waals surface area contributed by atoms with Crippen LogP contribution in [0.2, 0.25) is 0 Å². The second-order valence-electron chi connectivity index (χ2n) is 5.59. The third-order valence-electron chi connectivity index (χ3n) is 3.75.